The minimum Gasteiger partial charge on any atom is -0.485 e. The van der Waals surface area contributed by atoms with Gasteiger partial charge in [0.2, 0.25) is 5.82 Å². The Labute approximate surface area is 211 Å². The minimum absolute atomic E-state index is 0.114. The molecule has 4 nitrogen and oxygen atoms in total. The lowest BCUT2D eigenvalue weighted by Crippen LogP contribution is -2.47. The fraction of sp³-hybridized carbons (Fsp3) is 0.321. The summed E-state index contributed by atoms with van der Waals surface area (Å²) >= 11 is 0. The van der Waals surface area contributed by atoms with Gasteiger partial charge in [0, 0.05) is 17.4 Å². The first-order valence-corrected chi connectivity index (χ1v) is 11.6. The van der Waals surface area contributed by atoms with Crippen LogP contribution in [0.4, 0.5) is 22.0 Å². The van der Waals surface area contributed by atoms with Crippen molar-refractivity contribution in [2.75, 3.05) is 0 Å². The van der Waals surface area contributed by atoms with E-state index in [-0.39, 0.29) is 18.8 Å². The van der Waals surface area contributed by atoms with Crippen molar-refractivity contribution in [1.82, 2.24) is 0 Å². The summed E-state index contributed by atoms with van der Waals surface area (Å²) in [4.78, 5) is 13.1. The SMILES string of the molecule is C[C@@H]1[C@H](c2ccc(F)c(F)c2OCc2ccccc2)[C@@H](C(=O)OCc2ccccc2)O[C@]1(C)C(F)(F)F. The van der Waals surface area contributed by atoms with E-state index < -0.39 is 53.1 Å². The van der Waals surface area contributed by atoms with Gasteiger partial charge in [-0.25, -0.2) is 9.18 Å². The van der Waals surface area contributed by atoms with Crippen LogP contribution in [0.1, 0.15) is 36.5 Å². The largest absolute Gasteiger partial charge is 0.485 e. The third-order valence-electron chi connectivity index (χ3n) is 6.79. The predicted molar refractivity (Wildman–Crippen MR) is 125 cm³/mol. The Morgan fingerprint density at radius 2 is 1.49 bits per heavy atom. The fourth-order valence-electron chi connectivity index (χ4n) is 4.50. The van der Waals surface area contributed by atoms with Crippen molar-refractivity contribution in [1.29, 1.82) is 0 Å². The van der Waals surface area contributed by atoms with Crippen LogP contribution in [0.5, 0.6) is 5.75 Å². The zero-order valence-electron chi connectivity index (χ0n) is 20.1. The van der Waals surface area contributed by atoms with Crippen LogP contribution in [0.15, 0.2) is 72.8 Å². The van der Waals surface area contributed by atoms with Crippen LogP contribution >= 0.6 is 0 Å². The summed E-state index contributed by atoms with van der Waals surface area (Å²) in [6, 6.07) is 19.1. The second-order valence-corrected chi connectivity index (χ2v) is 9.11. The van der Waals surface area contributed by atoms with Crippen LogP contribution in [-0.2, 0) is 27.5 Å². The monoisotopic (exact) mass is 520 g/mol. The molecule has 0 saturated carbocycles. The summed E-state index contributed by atoms with van der Waals surface area (Å²) in [5.74, 6) is -6.93. The number of hydrogen-bond donors (Lipinski definition) is 0. The fourth-order valence-corrected chi connectivity index (χ4v) is 4.50. The van der Waals surface area contributed by atoms with Crippen molar-refractivity contribution in [2.24, 2.45) is 5.92 Å². The number of hydrogen-bond acceptors (Lipinski definition) is 4. The van der Waals surface area contributed by atoms with Crippen molar-refractivity contribution in [3.63, 3.8) is 0 Å². The number of ether oxygens (including phenoxy) is 3. The van der Waals surface area contributed by atoms with Crippen molar-refractivity contribution in [2.45, 2.75) is 50.9 Å². The van der Waals surface area contributed by atoms with Gasteiger partial charge in [0.15, 0.2) is 23.3 Å². The number of rotatable bonds is 7. The van der Waals surface area contributed by atoms with E-state index in [1.165, 1.54) is 6.92 Å². The molecule has 196 valence electrons. The van der Waals surface area contributed by atoms with Crippen LogP contribution in [-0.4, -0.2) is 23.9 Å². The molecule has 1 aliphatic heterocycles. The predicted octanol–water partition coefficient (Wildman–Crippen LogP) is 6.73. The maximum Gasteiger partial charge on any atom is 0.417 e. The number of alkyl halides is 3. The summed E-state index contributed by atoms with van der Waals surface area (Å²) in [6.07, 6.45) is -6.60. The Bertz CT molecular complexity index is 1230. The summed E-state index contributed by atoms with van der Waals surface area (Å²) < 4.78 is 87.9. The molecule has 1 fully saturated rings. The van der Waals surface area contributed by atoms with E-state index in [4.69, 9.17) is 14.2 Å². The normalized spacial score (nSPS) is 23.6. The quantitative estimate of drug-likeness (QED) is 0.256. The second-order valence-electron chi connectivity index (χ2n) is 9.11. The number of halogens is 5. The molecule has 0 spiro atoms. The average Bonchev–Trinajstić information content (AvgIpc) is 3.16. The second kappa shape index (κ2) is 10.5. The van der Waals surface area contributed by atoms with Gasteiger partial charge in [-0.2, -0.15) is 17.6 Å². The van der Waals surface area contributed by atoms with Gasteiger partial charge in [0.05, 0.1) is 0 Å². The lowest BCUT2D eigenvalue weighted by atomic mass is 9.77. The number of esters is 1. The molecule has 4 rings (SSSR count). The molecule has 1 saturated heterocycles. The zero-order valence-corrected chi connectivity index (χ0v) is 20.1. The Morgan fingerprint density at radius 1 is 0.919 bits per heavy atom. The topological polar surface area (TPSA) is 44.8 Å². The lowest BCUT2D eigenvalue weighted by molar-refractivity contribution is -0.274. The molecule has 3 aromatic carbocycles. The molecule has 0 bridgehead atoms. The van der Waals surface area contributed by atoms with Crippen molar-refractivity contribution in [3.8, 4) is 5.75 Å². The van der Waals surface area contributed by atoms with Gasteiger partial charge >= 0.3 is 12.1 Å². The molecule has 1 aliphatic rings. The third-order valence-corrected chi connectivity index (χ3v) is 6.79. The molecule has 0 radical (unpaired) electrons. The van der Waals surface area contributed by atoms with E-state index in [9.17, 15) is 26.7 Å². The Balaban J connectivity index is 1.71. The Morgan fingerprint density at radius 3 is 2.05 bits per heavy atom. The smallest absolute Gasteiger partial charge is 0.417 e. The summed E-state index contributed by atoms with van der Waals surface area (Å²) in [5.41, 5.74) is -1.61. The van der Waals surface area contributed by atoms with Crippen LogP contribution in [0, 0.1) is 17.6 Å². The maximum absolute atomic E-state index is 15.0. The molecule has 0 amide bonds. The number of carbonyl (C=O) groups excluding carboxylic acids is 1. The first-order chi connectivity index (χ1) is 17.5. The summed E-state index contributed by atoms with van der Waals surface area (Å²) in [6.45, 7) is 1.72. The van der Waals surface area contributed by atoms with Crippen molar-refractivity contribution < 1.29 is 41.0 Å². The molecule has 1 heterocycles. The highest BCUT2D eigenvalue weighted by molar-refractivity contribution is 5.77. The average molecular weight is 520 g/mol. The van der Waals surface area contributed by atoms with Crippen LogP contribution in [0.2, 0.25) is 0 Å². The first kappa shape index (κ1) is 26.6. The molecular weight excluding hydrogens is 495 g/mol. The minimum atomic E-state index is -4.86. The van der Waals surface area contributed by atoms with Gasteiger partial charge in [-0.05, 0) is 24.1 Å². The van der Waals surface area contributed by atoms with Gasteiger partial charge in [0.1, 0.15) is 13.2 Å². The molecule has 0 aromatic heterocycles. The van der Waals surface area contributed by atoms with E-state index in [1.54, 1.807) is 60.7 Å². The number of carbonyl (C=O) groups is 1. The maximum atomic E-state index is 15.0. The van der Waals surface area contributed by atoms with Gasteiger partial charge < -0.3 is 14.2 Å². The molecule has 3 aromatic rings. The zero-order chi connectivity index (χ0) is 26.8. The van der Waals surface area contributed by atoms with Crippen LogP contribution in [0.25, 0.3) is 0 Å². The first-order valence-electron chi connectivity index (χ1n) is 11.6. The van der Waals surface area contributed by atoms with E-state index in [2.05, 4.69) is 0 Å². The Kier molecular flexibility index (Phi) is 7.54. The third kappa shape index (κ3) is 5.32. The lowest BCUT2D eigenvalue weighted by Gasteiger charge is -2.32. The highest BCUT2D eigenvalue weighted by Gasteiger charge is 2.66. The molecule has 0 N–H and O–H groups in total. The Hall–Kier alpha value is -3.46. The van der Waals surface area contributed by atoms with E-state index >= 15 is 0 Å². The van der Waals surface area contributed by atoms with Gasteiger partial charge in [-0.1, -0.05) is 73.7 Å². The van der Waals surface area contributed by atoms with Crippen LogP contribution < -0.4 is 4.74 Å². The summed E-state index contributed by atoms with van der Waals surface area (Å²) in [7, 11) is 0. The van der Waals surface area contributed by atoms with Crippen LogP contribution in [0.3, 0.4) is 0 Å². The molecule has 4 atom stereocenters. The molecule has 37 heavy (non-hydrogen) atoms. The highest BCUT2D eigenvalue weighted by atomic mass is 19.4. The van der Waals surface area contributed by atoms with Gasteiger partial charge in [-0.15, -0.1) is 0 Å². The van der Waals surface area contributed by atoms with Crippen molar-refractivity contribution >= 4 is 5.97 Å². The molecule has 0 unspecified atom stereocenters. The molecular formula is C28H25F5O4. The van der Waals surface area contributed by atoms with Gasteiger partial charge in [-0.3, -0.25) is 0 Å². The van der Waals surface area contributed by atoms with E-state index in [0.717, 1.165) is 19.1 Å². The molecule has 0 aliphatic carbocycles. The highest BCUT2D eigenvalue weighted by Crippen LogP contribution is 2.55. The number of benzene rings is 3. The van der Waals surface area contributed by atoms with E-state index in [1.807, 2.05) is 0 Å². The van der Waals surface area contributed by atoms with E-state index in [0.29, 0.717) is 11.1 Å². The standard InChI is InChI=1S/C28H25F5O4/c1-17-22(20-13-14-21(29)23(30)24(20)35-15-18-9-5-3-6-10-18)25(37-27(17,2)28(31,32)33)26(34)36-16-19-11-7-4-8-12-19/h3-14,17,22,25H,15-16H2,1-2H3/t17-,22-,25+,27+/m1/s1. The van der Waals surface area contributed by atoms with Crippen molar-refractivity contribution in [3.05, 3.63) is 101 Å². The molecule has 9 heteroatoms. The summed E-state index contributed by atoms with van der Waals surface area (Å²) in [5, 5.41) is 0. The van der Waals surface area contributed by atoms with Gasteiger partial charge in [0.25, 0.3) is 0 Å².